The molecule has 2 rings (SSSR count). The van der Waals surface area contributed by atoms with Gasteiger partial charge in [0.25, 0.3) is 0 Å². The molecule has 0 unspecified atom stereocenters. The first kappa shape index (κ1) is 9.69. The molecule has 1 aliphatic carbocycles. The lowest BCUT2D eigenvalue weighted by atomic mass is 10.3. The summed E-state index contributed by atoms with van der Waals surface area (Å²) in [4.78, 5) is 1.32. The van der Waals surface area contributed by atoms with E-state index in [0.29, 0.717) is 6.10 Å². The fraction of sp³-hybridized carbons (Fsp3) is 0.600. The predicted octanol–water partition coefficient (Wildman–Crippen LogP) is 3.97. The Labute approximate surface area is 91.2 Å². The van der Waals surface area contributed by atoms with E-state index in [1.807, 2.05) is 0 Å². The van der Waals surface area contributed by atoms with Crippen LogP contribution in [-0.2, 0) is 11.3 Å². The van der Waals surface area contributed by atoms with Crippen LogP contribution in [0.4, 0.5) is 0 Å². The lowest BCUT2D eigenvalue weighted by Gasteiger charge is -2.08. The molecule has 0 saturated heterocycles. The Kier molecular flexibility index (Phi) is 3.41. The van der Waals surface area contributed by atoms with Crippen molar-refractivity contribution in [1.82, 2.24) is 0 Å². The van der Waals surface area contributed by atoms with E-state index >= 15 is 0 Å². The van der Waals surface area contributed by atoms with Crippen LogP contribution in [0, 0.1) is 0 Å². The van der Waals surface area contributed by atoms with Gasteiger partial charge in [-0.05, 0) is 40.9 Å². The van der Waals surface area contributed by atoms with E-state index < -0.39 is 0 Å². The van der Waals surface area contributed by atoms with Gasteiger partial charge in [0.2, 0.25) is 0 Å². The van der Waals surface area contributed by atoms with Crippen molar-refractivity contribution in [3.8, 4) is 0 Å². The number of rotatable bonds is 3. The normalized spacial score (nSPS) is 18.2. The minimum Gasteiger partial charge on any atom is -0.373 e. The van der Waals surface area contributed by atoms with Crippen molar-refractivity contribution in [3.63, 3.8) is 0 Å². The molecule has 0 bridgehead atoms. The van der Waals surface area contributed by atoms with Crippen molar-refractivity contribution >= 4 is 27.3 Å². The Balaban J connectivity index is 1.78. The average Bonchev–Trinajstić information content (AvgIpc) is 2.71. The summed E-state index contributed by atoms with van der Waals surface area (Å²) in [6.45, 7) is 0.793. The fourth-order valence-corrected chi connectivity index (χ4v) is 3.09. The van der Waals surface area contributed by atoms with E-state index in [9.17, 15) is 0 Å². The maximum Gasteiger partial charge on any atom is 0.0813 e. The third kappa shape index (κ3) is 2.79. The van der Waals surface area contributed by atoms with Gasteiger partial charge in [0.15, 0.2) is 0 Å². The summed E-state index contributed by atoms with van der Waals surface area (Å²) in [5.74, 6) is 0. The Morgan fingerprint density at radius 2 is 2.15 bits per heavy atom. The Hall–Kier alpha value is 0.140. The molecule has 0 atom stereocenters. The molecule has 72 valence electrons. The predicted molar refractivity (Wildman–Crippen MR) is 59.1 cm³/mol. The van der Waals surface area contributed by atoms with E-state index in [1.165, 1.54) is 34.3 Å². The van der Waals surface area contributed by atoms with E-state index in [4.69, 9.17) is 4.74 Å². The zero-order chi connectivity index (χ0) is 9.10. The van der Waals surface area contributed by atoms with Gasteiger partial charge in [-0.1, -0.05) is 12.8 Å². The van der Waals surface area contributed by atoms with E-state index in [1.54, 1.807) is 11.3 Å². The van der Waals surface area contributed by atoms with Crippen LogP contribution < -0.4 is 0 Å². The molecule has 1 aliphatic rings. The highest BCUT2D eigenvalue weighted by Crippen LogP contribution is 2.26. The zero-order valence-corrected chi connectivity index (χ0v) is 9.86. The quantitative estimate of drug-likeness (QED) is 0.800. The molecule has 1 heterocycles. The van der Waals surface area contributed by atoms with Gasteiger partial charge < -0.3 is 4.74 Å². The SMILES string of the molecule is Brc1ccc(COC2CCCC2)s1. The van der Waals surface area contributed by atoms with Gasteiger partial charge in [0, 0.05) is 4.88 Å². The third-order valence-corrected chi connectivity index (χ3v) is 3.99. The second-order valence-corrected chi connectivity index (χ2v) is 5.97. The molecular weight excluding hydrogens is 248 g/mol. The summed E-state index contributed by atoms with van der Waals surface area (Å²) < 4.78 is 6.98. The smallest absolute Gasteiger partial charge is 0.0813 e. The minimum absolute atomic E-state index is 0.529. The van der Waals surface area contributed by atoms with Crippen molar-refractivity contribution in [3.05, 3.63) is 20.8 Å². The van der Waals surface area contributed by atoms with Gasteiger partial charge in [0.1, 0.15) is 0 Å². The first-order valence-electron chi connectivity index (χ1n) is 4.70. The molecule has 0 radical (unpaired) electrons. The summed E-state index contributed by atoms with van der Waals surface area (Å²) in [7, 11) is 0. The van der Waals surface area contributed by atoms with Crippen molar-refractivity contribution in [2.75, 3.05) is 0 Å². The number of hydrogen-bond acceptors (Lipinski definition) is 2. The summed E-state index contributed by atoms with van der Waals surface area (Å²) in [6, 6.07) is 4.21. The van der Waals surface area contributed by atoms with Crippen molar-refractivity contribution < 1.29 is 4.74 Å². The summed E-state index contributed by atoms with van der Waals surface area (Å²) in [5.41, 5.74) is 0. The lowest BCUT2D eigenvalue weighted by molar-refractivity contribution is 0.0473. The van der Waals surface area contributed by atoms with Gasteiger partial charge in [-0.15, -0.1) is 11.3 Å². The highest BCUT2D eigenvalue weighted by molar-refractivity contribution is 9.11. The molecule has 1 fully saturated rings. The molecule has 1 aromatic heterocycles. The first-order valence-corrected chi connectivity index (χ1v) is 6.31. The molecular formula is C10H13BrOS. The molecule has 1 saturated carbocycles. The van der Waals surface area contributed by atoms with Crippen LogP contribution in [0.2, 0.25) is 0 Å². The fourth-order valence-electron chi connectivity index (χ4n) is 1.68. The van der Waals surface area contributed by atoms with Crippen LogP contribution in [0.3, 0.4) is 0 Å². The number of ether oxygens (including phenoxy) is 1. The lowest BCUT2D eigenvalue weighted by Crippen LogP contribution is -2.06. The number of hydrogen-bond donors (Lipinski definition) is 0. The topological polar surface area (TPSA) is 9.23 Å². The van der Waals surface area contributed by atoms with Crippen LogP contribution in [0.15, 0.2) is 15.9 Å². The minimum atomic E-state index is 0.529. The maximum absolute atomic E-state index is 5.79. The maximum atomic E-state index is 5.79. The molecule has 0 amide bonds. The van der Waals surface area contributed by atoms with Crippen LogP contribution in [-0.4, -0.2) is 6.10 Å². The van der Waals surface area contributed by atoms with Crippen LogP contribution in [0.5, 0.6) is 0 Å². The van der Waals surface area contributed by atoms with E-state index in [-0.39, 0.29) is 0 Å². The van der Waals surface area contributed by atoms with Crippen LogP contribution in [0.1, 0.15) is 30.6 Å². The first-order chi connectivity index (χ1) is 6.34. The second kappa shape index (κ2) is 4.58. The van der Waals surface area contributed by atoms with Gasteiger partial charge >= 0.3 is 0 Å². The molecule has 1 aromatic rings. The molecule has 13 heavy (non-hydrogen) atoms. The number of thiophene rings is 1. The summed E-state index contributed by atoms with van der Waals surface area (Å²) in [6.07, 6.45) is 5.73. The van der Waals surface area contributed by atoms with Crippen molar-refractivity contribution in [1.29, 1.82) is 0 Å². The Morgan fingerprint density at radius 1 is 1.38 bits per heavy atom. The largest absolute Gasteiger partial charge is 0.373 e. The third-order valence-electron chi connectivity index (χ3n) is 2.39. The molecule has 0 spiro atoms. The van der Waals surface area contributed by atoms with Gasteiger partial charge in [0.05, 0.1) is 16.5 Å². The Morgan fingerprint density at radius 3 is 2.77 bits per heavy atom. The molecule has 0 N–H and O–H groups in total. The summed E-state index contributed by atoms with van der Waals surface area (Å²) in [5, 5.41) is 0. The monoisotopic (exact) mass is 260 g/mol. The average molecular weight is 261 g/mol. The van der Waals surface area contributed by atoms with Crippen molar-refractivity contribution in [2.45, 2.75) is 38.4 Å². The van der Waals surface area contributed by atoms with Gasteiger partial charge in [-0.25, -0.2) is 0 Å². The molecule has 0 aromatic carbocycles. The molecule has 3 heteroatoms. The van der Waals surface area contributed by atoms with E-state index in [2.05, 4.69) is 28.1 Å². The Bertz CT molecular complexity index is 266. The zero-order valence-electron chi connectivity index (χ0n) is 7.46. The molecule has 0 aliphatic heterocycles. The van der Waals surface area contributed by atoms with Crippen LogP contribution in [0.25, 0.3) is 0 Å². The van der Waals surface area contributed by atoms with Crippen molar-refractivity contribution in [2.24, 2.45) is 0 Å². The van der Waals surface area contributed by atoms with Gasteiger partial charge in [-0.2, -0.15) is 0 Å². The van der Waals surface area contributed by atoms with E-state index in [0.717, 1.165) is 6.61 Å². The molecule has 1 nitrogen and oxygen atoms in total. The van der Waals surface area contributed by atoms with Gasteiger partial charge in [-0.3, -0.25) is 0 Å². The highest BCUT2D eigenvalue weighted by Gasteiger charge is 2.15. The standard InChI is InChI=1S/C10H13BrOS/c11-10-6-5-9(13-10)7-12-8-3-1-2-4-8/h5-6,8H,1-4,7H2. The number of halogens is 1. The summed E-state index contributed by atoms with van der Waals surface area (Å²) >= 11 is 5.21. The second-order valence-electron chi connectivity index (χ2n) is 3.42. The highest BCUT2D eigenvalue weighted by atomic mass is 79.9. The van der Waals surface area contributed by atoms with Crippen LogP contribution >= 0.6 is 27.3 Å².